The number of aliphatic hydroxyl groups is 1. The van der Waals surface area contributed by atoms with Crippen LogP contribution in [0.25, 0.3) is 5.65 Å². The summed E-state index contributed by atoms with van der Waals surface area (Å²) >= 11 is 0. The van der Waals surface area contributed by atoms with Gasteiger partial charge >= 0.3 is 0 Å². The van der Waals surface area contributed by atoms with Gasteiger partial charge in [0.05, 0.1) is 18.0 Å². The summed E-state index contributed by atoms with van der Waals surface area (Å²) in [5.74, 6) is -0.334. The summed E-state index contributed by atoms with van der Waals surface area (Å²) in [5.41, 5.74) is 2.02. The molecule has 0 aliphatic heterocycles. The molecule has 2 rings (SSSR count). The van der Waals surface area contributed by atoms with Crippen LogP contribution in [0.2, 0.25) is 0 Å². The van der Waals surface area contributed by atoms with Crippen LogP contribution >= 0.6 is 0 Å². The number of aromatic nitrogens is 2. The first-order chi connectivity index (χ1) is 6.22. The van der Waals surface area contributed by atoms with E-state index in [0.29, 0.717) is 11.3 Å². The van der Waals surface area contributed by atoms with Crippen molar-refractivity contribution in [2.45, 2.75) is 13.5 Å². The normalized spacial score (nSPS) is 11.0. The fourth-order valence-corrected chi connectivity index (χ4v) is 1.38. The van der Waals surface area contributed by atoms with Crippen molar-refractivity contribution in [3.05, 3.63) is 35.5 Å². The zero-order chi connectivity index (χ0) is 9.42. The molecule has 0 amide bonds. The Kier molecular flexibility index (Phi) is 1.77. The maximum atomic E-state index is 12.8. The van der Waals surface area contributed by atoms with Crippen LogP contribution < -0.4 is 0 Å². The van der Waals surface area contributed by atoms with Gasteiger partial charge in [0.25, 0.3) is 0 Å². The van der Waals surface area contributed by atoms with Crippen LogP contribution in [0.1, 0.15) is 11.4 Å². The lowest BCUT2D eigenvalue weighted by Crippen LogP contribution is -1.94. The Balaban J connectivity index is 2.80. The second-order valence-corrected chi connectivity index (χ2v) is 2.88. The molecule has 2 aromatic heterocycles. The molecule has 4 heteroatoms. The summed E-state index contributed by atoms with van der Waals surface area (Å²) in [4.78, 5) is 4.16. The fraction of sp³-hybridized carbons (Fsp3) is 0.222. The Morgan fingerprint density at radius 2 is 2.31 bits per heavy atom. The third kappa shape index (κ3) is 1.19. The van der Waals surface area contributed by atoms with Crippen molar-refractivity contribution in [2.75, 3.05) is 0 Å². The summed E-state index contributed by atoms with van der Waals surface area (Å²) in [6.45, 7) is 1.66. The number of rotatable bonds is 1. The number of fused-ring (bicyclic) bond motifs is 1. The van der Waals surface area contributed by atoms with Crippen molar-refractivity contribution >= 4 is 5.65 Å². The van der Waals surface area contributed by atoms with E-state index in [9.17, 15) is 4.39 Å². The third-order valence-corrected chi connectivity index (χ3v) is 2.03. The first-order valence-corrected chi connectivity index (χ1v) is 3.96. The standard InChI is InChI=1S/C9H9FN2O/c1-6-8(5-13)12-4-7(10)2-3-9(12)11-6/h2-4,13H,5H2,1H3. The second kappa shape index (κ2) is 2.81. The van der Waals surface area contributed by atoms with Crippen LogP contribution in [-0.4, -0.2) is 14.5 Å². The van der Waals surface area contributed by atoms with Gasteiger partial charge in [0, 0.05) is 6.20 Å². The highest BCUT2D eigenvalue weighted by atomic mass is 19.1. The van der Waals surface area contributed by atoms with E-state index < -0.39 is 0 Å². The van der Waals surface area contributed by atoms with E-state index in [4.69, 9.17) is 5.11 Å². The molecule has 2 aromatic rings. The molecule has 1 N–H and O–H groups in total. The SMILES string of the molecule is Cc1nc2ccc(F)cn2c1CO. The molecule has 0 saturated carbocycles. The summed E-state index contributed by atoms with van der Waals surface area (Å²) in [7, 11) is 0. The largest absolute Gasteiger partial charge is 0.390 e. The first kappa shape index (κ1) is 8.19. The summed E-state index contributed by atoms with van der Waals surface area (Å²) in [6, 6.07) is 2.93. The molecule has 13 heavy (non-hydrogen) atoms. The van der Waals surface area contributed by atoms with E-state index in [-0.39, 0.29) is 12.4 Å². The minimum absolute atomic E-state index is 0.129. The fourth-order valence-electron chi connectivity index (χ4n) is 1.38. The molecular weight excluding hydrogens is 171 g/mol. The lowest BCUT2D eigenvalue weighted by molar-refractivity contribution is 0.274. The molecule has 0 atom stereocenters. The third-order valence-electron chi connectivity index (χ3n) is 2.03. The van der Waals surface area contributed by atoms with Crippen molar-refractivity contribution in [2.24, 2.45) is 0 Å². The first-order valence-electron chi connectivity index (χ1n) is 3.96. The van der Waals surface area contributed by atoms with Crippen LogP contribution in [0, 0.1) is 12.7 Å². The van der Waals surface area contributed by atoms with Crippen molar-refractivity contribution in [1.29, 1.82) is 0 Å². The summed E-state index contributed by atoms with van der Waals surface area (Å²) < 4.78 is 14.4. The molecule has 0 unspecified atom stereocenters. The molecule has 0 aliphatic carbocycles. The van der Waals surface area contributed by atoms with Gasteiger partial charge in [0.15, 0.2) is 0 Å². The number of hydrogen-bond acceptors (Lipinski definition) is 2. The Morgan fingerprint density at radius 1 is 1.54 bits per heavy atom. The Labute approximate surface area is 74.5 Å². The molecule has 2 heterocycles. The summed E-state index contributed by atoms with van der Waals surface area (Å²) in [5, 5.41) is 9.01. The molecular formula is C9H9FN2O. The predicted octanol–water partition coefficient (Wildman–Crippen LogP) is 1.27. The zero-order valence-corrected chi connectivity index (χ0v) is 7.16. The van der Waals surface area contributed by atoms with Gasteiger partial charge in [-0.15, -0.1) is 0 Å². The Hall–Kier alpha value is -1.42. The van der Waals surface area contributed by atoms with Gasteiger partial charge in [-0.2, -0.15) is 0 Å². The topological polar surface area (TPSA) is 37.5 Å². The lowest BCUT2D eigenvalue weighted by atomic mass is 10.3. The van der Waals surface area contributed by atoms with E-state index in [1.54, 1.807) is 17.4 Å². The monoisotopic (exact) mass is 180 g/mol. The number of hydrogen-bond donors (Lipinski definition) is 1. The van der Waals surface area contributed by atoms with Gasteiger partial charge in [-0.3, -0.25) is 4.40 Å². The summed E-state index contributed by atoms with van der Waals surface area (Å²) in [6.07, 6.45) is 1.32. The van der Waals surface area contributed by atoms with Crippen LogP contribution in [0.3, 0.4) is 0 Å². The highest BCUT2D eigenvalue weighted by molar-refractivity contribution is 5.42. The minimum atomic E-state index is -0.334. The van der Waals surface area contributed by atoms with Crippen molar-refractivity contribution < 1.29 is 9.50 Å². The molecule has 0 radical (unpaired) electrons. The number of aliphatic hydroxyl groups excluding tert-OH is 1. The van der Waals surface area contributed by atoms with Crippen LogP contribution in [0.4, 0.5) is 4.39 Å². The maximum Gasteiger partial charge on any atom is 0.139 e. The molecule has 0 bridgehead atoms. The maximum absolute atomic E-state index is 12.8. The molecule has 0 spiro atoms. The van der Waals surface area contributed by atoms with E-state index in [1.807, 2.05) is 0 Å². The van der Waals surface area contributed by atoms with Crippen LogP contribution in [0.5, 0.6) is 0 Å². The van der Waals surface area contributed by atoms with Gasteiger partial charge in [0.2, 0.25) is 0 Å². The zero-order valence-electron chi connectivity index (χ0n) is 7.16. The Morgan fingerprint density at radius 3 is 3.00 bits per heavy atom. The Bertz CT molecular complexity index is 450. The number of pyridine rings is 1. The van der Waals surface area contributed by atoms with E-state index >= 15 is 0 Å². The van der Waals surface area contributed by atoms with Gasteiger partial charge in [-0.25, -0.2) is 9.37 Å². The highest BCUT2D eigenvalue weighted by Gasteiger charge is 2.07. The smallest absolute Gasteiger partial charge is 0.139 e. The molecule has 68 valence electrons. The molecule has 0 fully saturated rings. The van der Waals surface area contributed by atoms with Gasteiger partial charge in [0.1, 0.15) is 11.5 Å². The van der Waals surface area contributed by atoms with Crippen LogP contribution in [0.15, 0.2) is 18.3 Å². The average Bonchev–Trinajstić information content (AvgIpc) is 2.40. The number of imidazole rings is 1. The van der Waals surface area contributed by atoms with Crippen molar-refractivity contribution in [3.8, 4) is 0 Å². The molecule has 0 aliphatic rings. The molecule has 3 nitrogen and oxygen atoms in total. The number of halogens is 1. The quantitative estimate of drug-likeness (QED) is 0.717. The average molecular weight is 180 g/mol. The van der Waals surface area contributed by atoms with E-state index in [1.165, 1.54) is 12.3 Å². The predicted molar refractivity (Wildman–Crippen MR) is 45.8 cm³/mol. The molecule has 0 saturated heterocycles. The second-order valence-electron chi connectivity index (χ2n) is 2.88. The lowest BCUT2D eigenvalue weighted by Gasteiger charge is -1.97. The van der Waals surface area contributed by atoms with Gasteiger partial charge < -0.3 is 5.11 Å². The highest BCUT2D eigenvalue weighted by Crippen LogP contribution is 2.12. The van der Waals surface area contributed by atoms with Crippen LogP contribution in [-0.2, 0) is 6.61 Å². The van der Waals surface area contributed by atoms with Gasteiger partial charge in [-0.05, 0) is 19.1 Å². The number of nitrogens with zero attached hydrogens (tertiary/aromatic N) is 2. The molecule has 0 aromatic carbocycles. The van der Waals surface area contributed by atoms with E-state index in [0.717, 1.165) is 5.69 Å². The van der Waals surface area contributed by atoms with E-state index in [2.05, 4.69) is 4.98 Å². The number of aryl methyl sites for hydroxylation is 1. The minimum Gasteiger partial charge on any atom is -0.390 e. The van der Waals surface area contributed by atoms with Crippen molar-refractivity contribution in [3.63, 3.8) is 0 Å². The van der Waals surface area contributed by atoms with Crippen molar-refractivity contribution in [1.82, 2.24) is 9.38 Å². The van der Waals surface area contributed by atoms with Gasteiger partial charge in [-0.1, -0.05) is 0 Å².